The summed E-state index contributed by atoms with van der Waals surface area (Å²) in [6.07, 6.45) is 7.38. The fourth-order valence-electron chi connectivity index (χ4n) is 3.09. The quantitative estimate of drug-likeness (QED) is 0.789. The Morgan fingerprint density at radius 3 is 2.48 bits per heavy atom. The van der Waals surface area contributed by atoms with E-state index in [0.717, 1.165) is 31.2 Å². The molecule has 1 aliphatic rings. The van der Waals surface area contributed by atoms with E-state index in [9.17, 15) is 13.2 Å². The predicted molar refractivity (Wildman–Crippen MR) is 103 cm³/mol. The summed E-state index contributed by atoms with van der Waals surface area (Å²) >= 11 is 0. The van der Waals surface area contributed by atoms with Gasteiger partial charge in [0.1, 0.15) is 11.4 Å². The number of amides is 1. The second-order valence-corrected chi connectivity index (χ2v) is 8.41. The van der Waals surface area contributed by atoms with Gasteiger partial charge in [0.15, 0.2) is 5.76 Å². The van der Waals surface area contributed by atoms with Crippen LogP contribution in [0.15, 0.2) is 33.7 Å². The molecular weight excluding hydrogens is 366 g/mol. The second kappa shape index (κ2) is 8.06. The monoisotopic (exact) mass is 389 g/mol. The molecule has 8 heteroatoms. The van der Waals surface area contributed by atoms with Crippen molar-refractivity contribution in [3.05, 3.63) is 41.3 Å². The van der Waals surface area contributed by atoms with Crippen LogP contribution >= 0.6 is 0 Å². The third-order valence-corrected chi connectivity index (χ3v) is 6.02. The number of rotatable bonds is 6. The highest BCUT2D eigenvalue weighted by molar-refractivity contribution is 7.89. The lowest BCUT2D eigenvalue weighted by Crippen LogP contribution is -2.32. The highest BCUT2D eigenvalue weighted by Gasteiger charge is 2.22. The molecule has 0 atom stereocenters. The van der Waals surface area contributed by atoms with Crippen molar-refractivity contribution in [1.82, 2.24) is 9.88 Å². The normalized spacial score (nSPS) is 15.5. The first-order chi connectivity index (χ1) is 12.8. The van der Waals surface area contributed by atoms with Crippen LogP contribution in [0, 0.1) is 6.92 Å². The molecule has 2 aromatic rings. The molecule has 1 saturated carbocycles. The van der Waals surface area contributed by atoms with Crippen molar-refractivity contribution in [2.45, 2.75) is 50.5 Å². The SMILES string of the molecule is CC(=O)Nc1c(C)noc1C=Cc1ccc(S(=O)(=O)NC2CCCC2)cc1. The number of carbonyl (C=O) groups excluding carboxylic acids is 1. The smallest absolute Gasteiger partial charge is 0.240 e. The van der Waals surface area contributed by atoms with E-state index in [1.165, 1.54) is 6.92 Å². The van der Waals surface area contributed by atoms with Gasteiger partial charge in [-0.3, -0.25) is 4.79 Å². The van der Waals surface area contributed by atoms with Gasteiger partial charge in [0.25, 0.3) is 0 Å². The summed E-state index contributed by atoms with van der Waals surface area (Å²) in [5, 5.41) is 6.54. The van der Waals surface area contributed by atoms with Gasteiger partial charge in [0.2, 0.25) is 15.9 Å². The zero-order valence-electron chi connectivity index (χ0n) is 15.4. The molecule has 1 amide bonds. The largest absolute Gasteiger partial charge is 0.354 e. The summed E-state index contributed by atoms with van der Waals surface area (Å²) in [6, 6.07) is 6.65. The lowest BCUT2D eigenvalue weighted by Gasteiger charge is -2.12. The number of carbonyl (C=O) groups is 1. The van der Waals surface area contributed by atoms with Crippen LogP contribution in [0.4, 0.5) is 5.69 Å². The Morgan fingerprint density at radius 2 is 1.85 bits per heavy atom. The molecule has 0 bridgehead atoms. The lowest BCUT2D eigenvalue weighted by atomic mass is 10.2. The van der Waals surface area contributed by atoms with E-state index in [1.54, 1.807) is 43.3 Å². The van der Waals surface area contributed by atoms with Crippen LogP contribution in [0.5, 0.6) is 0 Å². The Kier molecular flexibility index (Phi) is 5.76. The van der Waals surface area contributed by atoms with Gasteiger partial charge in [-0.2, -0.15) is 0 Å². The Bertz CT molecular complexity index is 940. The minimum Gasteiger partial charge on any atom is -0.354 e. The third kappa shape index (κ3) is 4.84. The van der Waals surface area contributed by atoms with Crippen LogP contribution in [-0.4, -0.2) is 25.5 Å². The molecule has 1 fully saturated rings. The first-order valence-electron chi connectivity index (χ1n) is 8.89. The van der Waals surface area contributed by atoms with Gasteiger partial charge in [-0.25, -0.2) is 13.1 Å². The summed E-state index contributed by atoms with van der Waals surface area (Å²) in [6.45, 7) is 3.15. The van der Waals surface area contributed by atoms with Crippen molar-refractivity contribution >= 4 is 33.8 Å². The number of nitrogens with zero attached hydrogens (tertiary/aromatic N) is 1. The number of hydrogen-bond donors (Lipinski definition) is 2. The summed E-state index contributed by atoms with van der Waals surface area (Å²) in [5.74, 6) is 0.225. The fourth-order valence-corrected chi connectivity index (χ4v) is 4.40. The molecule has 0 saturated heterocycles. The number of aromatic nitrogens is 1. The maximum atomic E-state index is 12.4. The molecule has 3 rings (SSSR count). The average Bonchev–Trinajstić information content (AvgIpc) is 3.24. The first kappa shape index (κ1) is 19.3. The zero-order chi connectivity index (χ0) is 19.4. The molecule has 2 N–H and O–H groups in total. The average molecular weight is 389 g/mol. The fraction of sp³-hybridized carbons (Fsp3) is 0.368. The molecule has 0 radical (unpaired) electrons. The second-order valence-electron chi connectivity index (χ2n) is 6.69. The van der Waals surface area contributed by atoms with Crippen molar-refractivity contribution in [1.29, 1.82) is 0 Å². The molecule has 1 aromatic heterocycles. The molecule has 1 aliphatic carbocycles. The summed E-state index contributed by atoms with van der Waals surface area (Å²) in [7, 11) is -3.49. The lowest BCUT2D eigenvalue weighted by molar-refractivity contribution is -0.114. The summed E-state index contributed by atoms with van der Waals surface area (Å²) in [5.41, 5.74) is 1.92. The minimum absolute atomic E-state index is 0.0384. The summed E-state index contributed by atoms with van der Waals surface area (Å²) < 4.78 is 32.9. The molecular formula is C19H23N3O4S. The Balaban J connectivity index is 1.72. The van der Waals surface area contributed by atoms with Gasteiger partial charge in [0, 0.05) is 13.0 Å². The molecule has 27 heavy (non-hydrogen) atoms. The number of anilines is 1. The van der Waals surface area contributed by atoms with E-state index >= 15 is 0 Å². The number of hydrogen-bond acceptors (Lipinski definition) is 5. The Hall–Kier alpha value is -2.45. The Morgan fingerprint density at radius 1 is 1.19 bits per heavy atom. The number of nitrogens with one attached hydrogen (secondary N) is 2. The van der Waals surface area contributed by atoms with E-state index in [0.29, 0.717) is 17.1 Å². The van der Waals surface area contributed by atoms with Crippen LogP contribution < -0.4 is 10.0 Å². The number of sulfonamides is 1. The molecule has 1 aromatic carbocycles. The van der Waals surface area contributed by atoms with Crippen molar-refractivity contribution < 1.29 is 17.7 Å². The highest BCUT2D eigenvalue weighted by atomic mass is 32.2. The first-order valence-corrected chi connectivity index (χ1v) is 10.4. The Labute approximate surface area is 158 Å². The maximum Gasteiger partial charge on any atom is 0.240 e. The molecule has 1 heterocycles. The molecule has 0 aliphatic heterocycles. The van der Waals surface area contributed by atoms with Crippen LogP contribution in [0.1, 0.15) is 49.6 Å². The van der Waals surface area contributed by atoms with Crippen molar-refractivity contribution in [2.75, 3.05) is 5.32 Å². The highest BCUT2D eigenvalue weighted by Crippen LogP contribution is 2.23. The van der Waals surface area contributed by atoms with E-state index in [2.05, 4.69) is 15.2 Å². The maximum absolute atomic E-state index is 12.4. The van der Waals surface area contributed by atoms with E-state index in [1.807, 2.05) is 0 Å². The van der Waals surface area contributed by atoms with Gasteiger partial charge in [-0.15, -0.1) is 0 Å². The molecule has 144 valence electrons. The van der Waals surface area contributed by atoms with Crippen molar-refractivity contribution in [3.8, 4) is 0 Å². The van der Waals surface area contributed by atoms with Crippen molar-refractivity contribution in [2.24, 2.45) is 0 Å². The topological polar surface area (TPSA) is 101 Å². The van der Waals surface area contributed by atoms with Gasteiger partial charge >= 0.3 is 0 Å². The van der Waals surface area contributed by atoms with E-state index < -0.39 is 10.0 Å². The van der Waals surface area contributed by atoms with Crippen LogP contribution in [0.3, 0.4) is 0 Å². The molecule has 0 spiro atoms. The predicted octanol–water partition coefficient (Wildman–Crippen LogP) is 3.33. The zero-order valence-corrected chi connectivity index (χ0v) is 16.2. The van der Waals surface area contributed by atoms with Gasteiger partial charge in [-0.05, 0) is 43.5 Å². The molecule has 7 nitrogen and oxygen atoms in total. The van der Waals surface area contributed by atoms with Gasteiger partial charge < -0.3 is 9.84 Å². The summed E-state index contributed by atoms with van der Waals surface area (Å²) in [4.78, 5) is 11.5. The standard InChI is InChI=1S/C19H23N3O4S/c1-13-19(20-14(2)23)18(26-21-13)12-9-15-7-10-17(11-8-15)27(24,25)22-16-5-3-4-6-16/h7-12,16,22H,3-6H2,1-2H3,(H,20,23). The molecule has 0 unspecified atom stereocenters. The number of aryl methyl sites for hydroxylation is 1. The van der Waals surface area contributed by atoms with Crippen LogP contribution in [0.25, 0.3) is 12.2 Å². The van der Waals surface area contributed by atoms with Gasteiger partial charge in [0.05, 0.1) is 4.90 Å². The van der Waals surface area contributed by atoms with Crippen LogP contribution in [-0.2, 0) is 14.8 Å². The van der Waals surface area contributed by atoms with Crippen molar-refractivity contribution in [3.63, 3.8) is 0 Å². The van der Waals surface area contributed by atoms with Crippen LogP contribution in [0.2, 0.25) is 0 Å². The third-order valence-electron chi connectivity index (χ3n) is 4.48. The van der Waals surface area contributed by atoms with Gasteiger partial charge in [-0.1, -0.05) is 36.2 Å². The minimum atomic E-state index is -3.49. The van der Waals surface area contributed by atoms with E-state index in [-0.39, 0.29) is 16.8 Å². The number of benzene rings is 1. The van der Waals surface area contributed by atoms with E-state index in [4.69, 9.17) is 4.52 Å².